The van der Waals surface area contributed by atoms with Gasteiger partial charge in [-0.25, -0.2) is 4.98 Å². The number of hydrogen-bond donors (Lipinski definition) is 2. The largest absolute Gasteiger partial charge is 0.358 e. The number of halogens is 1. The third-order valence-electron chi connectivity index (χ3n) is 2.77. The maximum absolute atomic E-state index is 12.3. The van der Waals surface area contributed by atoms with E-state index in [1.165, 1.54) is 0 Å². The minimum absolute atomic E-state index is 0.0292. The van der Waals surface area contributed by atoms with E-state index in [9.17, 15) is 8.42 Å². The van der Waals surface area contributed by atoms with Crippen LogP contribution in [0.3, 0.4) is 0 Å². The SMILES string of the molecule is N#Cc1c[nH]c2c(NS(=O)(=O)c3nc(Br)cs3)cccc12. The van der Waals surface area contributed by atoms with Crippen LogP contribution in [0, 0.1) is 11.3 Å². The second-order valence-corrected chi connectivity index (χ2v) is 7.61. The van der Waals surface area contributed by atoms with E-state index in [0.717, 1.165) is 11.3 Å². The van der Waals surface area contributed by atoms with Gasteiger partial charge in [-0.05, 0) is 22.0 Å². The number of nitrogens with zero attached hydrogens (tertiary/aromatic N) is 2. The van der Waals surface area contributed by atoms with Gasteiger partial charge >= 0.3 is 0 Å². The molecule has 6 nitrogen and oxygen atoms in total. The second-order valence-electron chi connectivity index (χ2n) is 4.08. The van der Waals surface area contributed by atoms with Gasteiger partial charge in [0.05, 0.1) is 16.8 Å². The third-order valence-corrected chi connectivity index (χ3v) is 6.10. The highest BCUT2D eigenvalue weighted by molar-refractivity contribution is 9.10. The summed E-state index contributed by atoms with van der Waals surface area (Å²) in [6.07, 6.45) is 1.54. The van der Waals surface area contributed by atoms with Crippen molar-refractivity contribution in [1.29, 1.82) is 5.26 Å². The van der Waals surface area contributed by atoms with Crippen molar-refractivity contribution in [2.75, 3.05) is 4.72 Å². The molecule has 9 heteroatoms. The third kappa shape index (κ3) is 2.53. The van der Waals surface area contributed by atoms with E-state index in [2.05, 4.69) is 36.7 Å². The molecule has 0 atom stereocenters. The molecule has 0 unspecified atom stereocenters. The molecule has 3 aromatic rings. The molecule has 2 N–H and O–H groups in total. The molecule has 0 saturated carbocycles. The van der Waals surface area contributed by atoms with E-state index in [1.807, 2.05) is 0 Å². The monoisotopic (exact) mass is 382 g/mol. The van der Waals surface area contributed by atoms with Gasteiger partial charge in [-0.3, -0.25) is 4.72 Å². The van der Waals surface area contributed by atoms with Crippen LogP contribution >= 0.6 is 27.3 Å². The van der Waals surface area contributed by atoms with Crippen molar-refractivity contribution in [3.63, 3.8) is 0 Å². The summed E-state index contributed by atoms with van der Waals surface area (Å²) in [7, 11) is -3.76. The molecule has 2 aromatic heterocycles. The number of nitrogens with one attached hydrogen (secondary N) is 2. The van der Waals surface area contributed by atoms with E-state index < -0.39 is 10.0 Å². The highest BCUT2D eigenvalue weighted by atomic mass is 79.9. The van der Waals surface area contributed by atoms with Gasteiger partial charge in [-0.2, -0.15) is 13.7 Å². The maximum atomic E-state index is 12.3. The molecule has 0 amide bonds. The number of sulfonamides is 1. The standard InChI is InChI=1S/C12H7BrN4O2S2/c13-10-6-20-12(16-10)21(18,19)17-9-3-1-2-8-7(4-14)5-15-11(8)9/h1-3,5-6,15,17H. The summed E-state index contributed by atoms with van der Waals surface area (Å²) in [5, 5.41) is 11.3. The molecule has 3 rings (SSSR count). The Kier molecular flexibility index (Phi) is 3.44. The molecule has 0 aliphatic carbocycles. The van der Waals surface area contributed by atoms with Gasteiger partial charge in [0, 0.05) is 17.0 Å². The minimum Gasteiger partial charge on any atom is -0.358 e. The fraction of sp³-hybridized carbons (Fsp3) is 0. The van der Waals surface area contributed by atoms with Crippen LogP contribution in [0.15, 0.2) is 38.7 Å². The second kappa shape index (κ2) is 5.14. The Morgan fingerprint density at radius 1 is 1.43 bits per heavy atom. The van der Waals surface area contributed by atoms with E-state index >= 15 is 0 Å². The Morgan fingerprint density at radius 2 is 2.24 bits per heavy atom. The number of nitriles is 1. The predicted molar refractivity (Wildman–Crippen MR) is 83.6 cm³/mol. The van der Waals surface area contributed by atoms with Crippen molar-refractivity contribution in [1.82, 2.24) is 9.97 Å². The molecule has 0 aliphatic rings. The highest BCUT2D eigenvalue weighted by Gasteiger charge is 2.20. The van der Waals surface area contributed by atoms with Crippen LogP contribution in [0.2, 0.25) is 0 Å². The van der Waals surface area contributed by atoms with E-state index in [4.69, 9.17) is 5.26 Å². The lowest BCUT2D eigenvalue weighted by atomic mass is 10.2. The molecular weight excluding hydrogens is 376 g/mol. The van der Waals surface area contributed by atoms with Gasteiger partial charge in [0.2, 0.25) is 4.34 Å². The first-order valence-corrected chi connectivity index (χ1v) is 8.81. The number of thiazole rings is 1. The molecule has 1 aromatic carbocycles. The molecule has 0 fully saturated rings. The van der Waals surface area contributed by atoms with Crippen LogP contribution in [0.1, 0.15) is 5.56 Å². The number of para-hydroxylation sites is 1. The molecular formula is C12H7BrN4O2S2. The van der Waals surface area contributed by atoms with Crippen molar-refractivity contribution >= 4 is 53.9 Å². The van der Waals surface area contributed by atoms with Gasteiger partial charge < -0.3 is 4.98 Å². The number of aromatic nitrogens is 2. The number of aromatic amines is 1. The summed E-state index contributed by atoms with van der Waals surface area (Å²) >= 11 is 4.15. The van der Waals surface area contributed by atoms with Gasteiger partial charge in [-0.15, -0.1) is 11.3 Å². The normalized spacial score (nSPS) is 11.4. The van der Waals surface area contributed by atoms with E-state index in [0.29, 0.717) is 26.8 Å². The smallest absolute Gasteiger partial charge is 0.289 e. The van der Waals surface area contributed by atoms with Crippen molar-refractivity contribution < 1.29 is 8.42 Å². The quantitative estimate of drug-likeness (QED) is 0.726. The molecule has 0 aliphatic heterocycles. The lowest BCUT2D eigenvalue weighted by molar-refractivity contribution is 0.600. The van der Waals surface area contributed by atoms with Crippen molar-refractivity contribution in [2.45, 2.75) is 4.34 Å². The zero-order valence-corrected chi connectivity index (χ0v) is 13.5. The van der Waals surface area contributed by atoms with E-state index in [1.54, 1.807) is 29.8 Å². The number of hydrogen-bond acceptors (Lipinski definition) is 5. The van der Waals surface area contributed by atoms with Gasteiger partial charge in [0.15, 0.2) is 0 Å². The summed E-state index contributed by atoms with van der Waals surface area (Å²) in [6, 6.07) is 7.11. The van der Waals surface area contributed by atoms with Crippen molar-refractivity contribution in [2.24, 2.45) is 0 Å². The molecule has 21 heavy (non-hydrogen) atoms. The summed E-state index contributed by atoms with van der Waals surface area (Å²) in [4.78, 5) is 6.81. The Bertz CT molecular complexity index is 969. The van der Waals surface area contributed by atoms with Gasteiger partial charge in [0.1, 0.15) is 10.7 Å². The van der Waals surface area contributed by atoms with Crippen LogP contribution in [-0.2, 0) is 10.0 Å². The zero-order valence-electron chi connectivity index (χ0n) is 10.3. The van der Waals surface area contributed by atoms with Crippen LogP contribution < -0.4 is 4.72 Å². The van der Waals surface area contributed by atoms with Crippen molar-refractivity contribution in [3.05, 3.63) is 39.9 Å². The van der Waals surface area contributed by atoms with Crippen LogP contribution in [0.4, 0.5) is 5.69 Å². The molecule has 106 valence electrons. The maximum Gasteiger partial charge on any atom is 0.289 e. The number of H-pyrrole nitrogens is 1. The Hall–Kier alpha value is -1.89. The average Bonchev–Trinajstić information content (AvgIpc) is 3.05. The number of fused-ring (bicyclic) bond motifs is 1. The Balaban J connectivity index is 2.06. The van der Waals surface area contributed by atoms with E-state index in [-0.39, 0.29) is 4.34 Å². The first-order valence-electron chi connectivity index (χ1n) is 5.65. The van der Waals surface area contributed by atoms with Crippen LogP contribution in [0.5, 0.6) is 0 Å². The fourth-order valence-electron chi connectivity index (χ4n) is 1.88. The minimum atomic E-state index is -3.76. The van der Waals surface area contributed by atoms with Crippen LogP contribution in [0.25, 0.3) is 10.9 Å². The molecule has 0 spiro atoms. The molecule has 0 bridgehead atoms. The molecule has 2 heterocycles. The lowest BCUT2D eigenvalue weighted by Crippen LogP contribution is -2.12. The Labute approximate surface area is 132 Å². The van der Waals surface area contributed by atoms with Crippen molar-refractivity contribution in [3.8, 4) is 6.07 Å². The first kappa shape index (κ1) is 14.1. The fourth-order valence-corrected chi connectivity index (χ4v) is 4.52. The zero-order chi connectivity index (χ0) is 15.0. The average molecular weight is 383 g/mol. The number of benzene rings is 1. The topological polar surface area (TPSA) is 98.6 Å². The summed E-state index contributed by atoms with van der Waals surface area (Å²) < 4.78 is 27.5. The summed E-state index contributed by atoms with van der Waals surface area (Å²) in [6.45, 7) is 0. The number of rotatable bonds is 3. The summed E-state index contributed by atoms with van der Waals surface area (Å²) in [5.41, 5.74) is 1.40. The first-order chi connectivity index (χ1) is 10.0. The predicted octanol–water partition coefficient (Wildman–Crippen LogP) is 3.06. The van der Waals surface area contributed by atoms with Gasteiger partial charge in [-0.1, -0.05) is 12.1 Å². The van der Waals surface area contributed by atoms with Gasteiger partial charge in [0.25, 0.3) is 10.0 Å². The van der Waals surface area contributed by atoms with Crippen LogP contribution in [-0.4, -0.2) is 18.4 Å². The highest BCUT2D eigenvalue weighted by Crippen LogP contribution is 2.28. The number of anilines is 1. The summed E-state index contributed by atoms with van der Waals surface area (Å²) in [5.74, 6) is 0. The molecule has 0 saturated heterocycles. The molecule has 0 radical (unpaired) electrons. The lowest BCUT2D eigenvalue weighted by Gasteiger charge is -2.06. The Morgan fingerprint density at radius 3 is 2.90 bits per heavy atom.